The summed E-state index contributed by atoms with van der Waals surface area (Å²) in [5.41, 5.74) is 1.44. The molecule has 0 spiro atoms. The van der Waals surface area contributed by atoms with Crippen LogP contribution in [0.25, 0.3) is 0 Å². The predicted molar refractivity (Wildman–Crippen MR) is 86.1 cm³/mol. The molecule has 0 aliphatic heterocycles. The SMILES string of the molecule is CCNC(c1cc(Cl)cc(Br)c1)c1ccc(Cl)cc1F. The minimum Gasteiger partial charge on any atom is -0.306 e. The van der Waals surface area contributed by atoms with E-state index in [4.69, 9.17) is 23.2 Å². The van der Waals surface area contributed by atoms with Crippen molar-refractivity contribution in [3.05, 3.63) is 67.9 Å². The third-order valence-electron chi connectivity index (χ3n) is 2.90. The number of hydrogen-bond donors (Lipinski definition) is 1. The summed E-state index contributed by atoms with van der Waals surface area (Å²) in [5.74, 6) is -0.334. The maximum Gasteiger partial charge on any atom is 0.129 e. The van der Waals surface area contributed by atoms with Crippen molar-refractivity contribution < 1.29 is 4.39 Å². The van der Waals surface area contributed by atoms with Crippen molar-refractivity contribution in [1.82, 2.24) is 5.32 Å². The van der Waals surface area contributed by atoms with Crippen LogP contribution in [0.1, 0.15) is 24.1 Å². The number of rotatable bonds is 4. The molecule has 0 heterocycles. The van der Waals surface area contributed by atoms with E-state index in [1.807, 2.05) is 19.1 Å². The van der Waals surface area contributed by atoms with Crippen LogP contribution in [0.4, 0.5) is 4.39 Å². The van der Waals surface area contributed by atoms with E-state index in [1.165, 1.54) is 6.07 Å². The van der Waals surface area contributed by atoms with Crippen molar-refractivity contribution in [2.45, 2.75) is 13.0 Å². The summed E-state index contributed by atoms with van der Waals surface area (Å²) in [4.78, 5) is 0. The second-order valence-corrected chi connectivity index (χ2v) is 6.15. The molecule has 0 radical (unpaired) electrons. The van der Waals surface area contributed by atoms with E-state index in [9.17, 15) is 4.39 Å². The molecule has 1 unspecified atom stereocenters. The standard InChI is InChI=1S/C15H13BrCl2FN/c1-2-20-15(9-5-10(16)7-12(18)6-9)13-4-3-11(17)8-14(13)19/h3-8,15,20H,2H2,1H3. The van der Waals surface area contributed by atoms with Gasteiger partial charge in [0.1, 0.15) is 5.82 Å². The van der Waals surface area contributed by atoms with Crippen LogP contribution in [0, 0.1) is 5.82 Å². The van der Waals surface area contributed by atoms with Crippen molar-refractivity contribution >= 4 is 39.1 Å². The lowest BCUT2D eigenvalue weighted by atomic mass is 9.98. The van der Waals surface area contributed by atoms with Gasteiger partial charge >= 0.3 is 0 Å². The van der Waals surface area contributed by atoms with Gasteiger partial charge in [0.05, 0.1) is 6.04 Å². The summed E-state index contributed by atoms with van der Waals surface area (Å²) in [6.45, 7) is 2.68. The molecule has 2 aromatic carbocycles. The fourth-order valence-corrected chi connectivity index (χ4v) is 3.13. The van der Waals surface area contributed by atoms with E-state index in [0.29, 0.717) is 22.2 Å². The van der Waals surface area contributed by atoms with Gasteiger partial charge in [0, 0.05) is 20.1 Å². The summed E-state index contributed by atoms with van der Waals surface area (Å²) in [6.07, 6.45) is 0. The molecule has 1 N–H and O–H groups in total. The molecule has 1 nitrogen and oxygen atoms in total. The quantitative estimate of drug-likeness (QED) is 0.732. The molecule has 0 aliphatic carbocycles. The van der Waals surface area contributed by atoms with Crippen molar-refractivity contribution in [1.29, 1.82) is 0 Å². The lowest BCUT2D eigenvalue weighted by Crippen LogP contribution is -2.23. The molecule has 2 aromatic rings. The van der Waals surface area contributed by atoms with Gasteiger partial charge in [-0.05, 0) is 42.4 Å². The average Bonchev–Trinajstić information content (AvgIpc) is 2.35. The van der Waals surface area contributed by atoms with Gasteiger partial charge in [-0.1, -0.05) is 52.1 Å². The minimum atomic E-state index is -0.334. The Hall–Kier alpha value is -0.610. The highest BCUT2D eigenvalue weighted by Gasteiger charge is 2.18. The molecule has 20 heavy (non-hydrogen) atoms. The first-order chi connectivity index (χ1) is 9.51. The van der Waals surface area contributed by atoms with Crippen LogP contribution in [0.3, 0.4) is 0 Å². The second-order valence-electron chi connectivity index (χ2n) is 4.36. The van der Waals surface area contributed by atoms with Crippen LogP contribution in [0.5, 0.6) is 0 Å². The van der Waals surface area contributed by atoms with Gasteiger partial charge in [0.15, 0.2) is 0 Å². The summed E-state index contributed by atoms with van der Waals surface area (Å²) in [7, 11) is 0. The first-order valence-corrected chi connectivity index (χ1v) is 7.70. The molecule has 0 bridgehead atoms. The third-order valence-corrected chi connectivity index (χ3v) is 3.81. The van der Waals surface area contributed by atoms with E-state index >= 15 is 0 Å². The molecule has 2 rings (SSSR count). The minimum absolute atomic E-state index is 0.271. The maximum absolute atomic E-state index is 14.1. The molecular formula is C15H13BrCl2FN. The fourth-order valence-electron chi connectivity index (χ4n) is 2.09. The Morgan fingerprint density at radius 3 is 2.50 bits per heavy atom. The fraction of sp³-hybridized carbons (Fsp3) is 0.200. The van der Waals surface area contributed by atoms with Crippen LogP contribution in [0.15, 0.2) is 40.9 Å². The highest BCUT2D eigenvalue weighted by molar-refractivity contribution is 9.10. The molecule has 5 heteroatoms. The van der Waals surface area contributed by atoms with E-state index in [-0.39, 0.29) is 11.9 Å². The van der Waals surface area contributed by atoms with E-state index in [0.717, 1.165) is 10.0 Å². The van der Waals surface area contributed by atoms with Crippen molar-refractivity contribution in [3.8, 4) is 0 Å². The van der Waals surface area contributed by atoms with Crippen LogP contribution in [-0.4, -0.2) is 6.54 Å². The molecule has 0 aromatic heterocycles. The van der Waals surface area contributed by atoms with E-state index in [2.05, 4.69) is 21.2 Å². The molecular weight excluding hydrogens is 364 g/mol. The Morgan fingerprint density at radius 2 is 1.90 bits per heavy atom. The van der Waals surface area contributed by atoms with Crippen LogP contribution in [-0.2, 0) is 0 Å². The molecule has 1 atom stereocenters. The Kier molecular flexibility index (Phi) is 5.44. The zero-order valence-corrected chi connectivity index (χ0v) is 13.9. The van der Waals surface area contributed by atoms with E-state index < -0.39 is 0 Å². The average molecular weight is 377 g/mol. The summed E-state index contributed by atoms with van der Waals surface area (Å²) in [6, 6.07) is 9.98. The Balaban J connectivity index is 2.49. The van der Waals surface area contributed by atoms with Gasteiger partial charge in [0.2, 0.25) is 0 Å². The maximum atomic E-state index is 14.1. The number of hydrogen-bond acceptors (Lipinski definition) is 1. The lowest BCUT2D eigenvalue weighted by molar-refractivity contribution is 0.559. The highest BCUT2D eigenvalue weighted by atomic mass is 79.9. The first kappa shape index (κ1) is 15.8. The Morgan fingerprint density at radius 1 is 1.15 bits per heavy atom. The van der Waals surface area contributed by atoms with Crippen molar-refractivity contribution in [2.24, 2.45) is 0 Å². The topological polar surface area (TPSA) is 12.0 Å². The van der Waals surface area contributed by atoms with E-state index in [1.54, 1.807) is 18.2 Å². The van der Waals surface area contributed by atoms with Gasteiger partial charge in [-0.25, -0.2) is 4.39 Å². The van der Waals surface area contributed by atoms with Crippen molar-refractivity contribution in [3.63, 3.8) is 0 Å². The van der Waals surface area contributed by atoms with Gasteiger partial charge in [-0.3, -0.25) is 0 Å². The smallest absolute Gasteiger partial charge is 0.129 e. The Labute approximate surface area is 136 Å². The second kappa shape index (κ2) is 6.90. The van der Waals surface area contributed by atoms with Gasteiger partial charge in [-0.2, -0.15) is 0 Å². The molecule has 106 valence electrons. The first-order valence-electron chi connectivity index (χ1n) is 6.15. The lowest BCUT2D eigenvalue weighted by Gasteiger charge is -2.20. The number of benzene rings is 2. The predicted octanol–water partition coefficient (Wildman–Crippen LogP) is 5.59. The normalized spacial score (nSPS) is 12.4. The van der Waals surface area contributed by atoms with Crippen LogP contribution >= 0.6 is 39.1 Å². The third kappa shape index (κ3) is 3.73. The number of halogens is 4. The van der Waals surface area contributed by atoms with Crippen LogP contribution < -0.4 is 5.32 Å². The molecule has 0 amide bonds. The summed E-state index contributed by atoms with van der Waals surface area (Å²) < 4.78 is 15.0. The monoisotopic (exact) mass is 375 g/mol. The molecule has 0 fully saturated rings. The molecule has 0 aliphatic rings. The summed E-state index contributed by atoms with van der Waals surface area (Å²) in [5, 5.41) is 4.25. The van der Waals surface area contributed by atoms with Gasteiger partial charge in [0.25, 0.3) is 0 Å². The number of nitrogens with one attached hydrogen (secondary N) is 1. The van der Waals surface area contributed by atoms with Crippen molar-refractivity contribution in [2.75, 3.05) is 6.54 Å². The zero-order chi connectivity index (χ0) is 14.7. The highest BCUT2D eigenvalue weighted by Crippen LogP contribution is 2.30. The largest absolute Gasteiger partial charge is 0.306 e. The molecule has 0 saturated carbocycles. The van der Waals surface area contributed by atoms with Gasteiger partial charge in [-0.15, -0.1) is 0 Å². The molecule has 0 saturated heterocycles. The van der Waals surface area contributed by atoms with Crippen LogP contribution in [0.2, 0.25) is 10.0 Å². The zero-order valence-electron chi connectivity index (χ0n) is 10.8. The van der Waals surface area contributed by atoms with Gasteiger partial charge < -0.3 is 5.32 Å². The summed E-state index contributed by atoms with van der Waals surface area (Å²) >= 11 is 15.3. The Bertz CT molecular complexity index is 599.